The Bertz CT molecular complexity index is 809. The van der Waals surface area contributed by atoms with Crippen LogP contribution >= 0.6 is 0 Å². The van der Waals surface area contributed by atoms with Crippen LogP contribution in [0.15, 0.2) is 24.3 Å². The zero-order chi connectivity index (χ0) is 22.2. The lowest BCUT2D eigenvalue weighted by atomic mass is 9.49. The molecule has 0 saturated heterocycles. The second-order valence-corrected chi connectivity index (χ2v) is 10.2. The van der Waals surface area contributed by atoms with E-state index >= 15 is 0 Å². The zero-order valence-corrected chi connectivity index (χ0v) is 18.7. The Kier molecular flexibility index (Phi) is 6.09. The van der Waals surface area contributed by atoms with Gasteiger partial charge in [0.2, 0.25) is 5.91 Å². The lowest BCUT2D eigenvalue weighted by Gasteiger charge is -2.55. The number of ether oxygens (including phenoxy) is 2. The summed E-state index contributed by atoms with van der Waals surface area (Å²) in [4.78, 5) is 37.7. The predicted octanol–water partition coefficient (Wildman–Crippen LogP) is 3.87. The molecule has 4 aliphatic carbocycles. The molecule has 1 N–H and O–H groups in total. The lowest BCUT2D eigenvalue weighted by Crippen LogP contribution is -2.57. The van der Waals surface area contributed by atoms with Crippen molar-refractivity contribution in [2.75, 3.05) is 7.11 Å². The Morgan fingerprint density at radius 1 is 1.00 bits per heavy atom. The minimum absolute atomic E-state index is 0.0460. The van der Waals surface area contributed by atoms with Crippen LogP contribution in [0.1, 0.15) is 68.3 Å². The minimum atomic E-state index is -0.658. The van der Waals surface area contributed by atoms with Crippen LogP contribution in [-0.4, -0.2) is 31.0 Å². The van der Waals surface area contributed by atoms with Crippen molar-refractivity contribution in [1.82, 2.24) is 5.32 Å². The molecule has 5 rings (SSSR count). The molecule has 4 bridgehead atoms. The van der Waals surface area contributed by atoms with Crippen molar-refractivity contribution < 1.29 is 23.9 Å². The van der Waals surface area contributed by atoms with Gasteiger partial charge in [0.15, 0.2) is 0 Å². The maximum atomic E-state index is 13.4. The Morgan fingerprint density at radius 2 is 1.55 bits per heavy atom. The zero-order valence-electron chi connectivity index (χ0n) is 18.7. The summed E-state index contributed by atoms with van der Waals surface area (Å²) in [6.07, 6.45) is 6.73. The number of nitrogens with one attached hydrogen (secondary N) is 1. The lowest BCUT2D eigenvalue weighted by molar-refractivity contribution is -0.156. The molecular formula is C25H33NO5. The van der Waals surface area contributed by atoms with Crippen molar-refractivity contribution >= 4 is 17.8 Å². The van der Waals surface area contributed by atoms with Gasteiger partial charge in [-0.05, 0) is 79.9 Å². The Morgan fingerprint density at radius 3 is 2.03 bits per heavy atom. The van der Waals surface area contributed by atoms with E-state index in [1.54, 1.807) is 24.3 Å². The van der Waals surface area contributed by atoms with Gasteiger partial charge in [-0.2, -0.15) is 0 Å². The summed E-state index contributed by atoms with van der Waals surface area (Å²) in [5.74, 6) is 1.19. The van der Waals surface area contributed by atoms with Crippen LogP contribution in [0.25, 0.3) is 0 Å². The molecule has 1 aromatic carbocycles. The van der Waals surface area contributed by atoms with E-state index < -0.39 is 18.0 Å². The van der Waals surface area contributed by atoms with E-state index in [1.807, 2.05) is 13.8 Å². The maximum Gasteiger partial charge on any atom is 0.337 e. The van der Waals surface area contributed by atoms with Gasteiger partial charge >= 0.3 is 11.9 Å². The van der Waals surface area contributed by atoms with Gasteiger partial charge in [0, 0.05) is 5.41 Å². The van der Waals surface area contributed by atoms with Gasteiger partial charge in [-0.3, -0.25) is 4.79 Å². The number of carbonyl (C=O) groups excluding carboxylic acids is 3. The fourth-order valence-corrected chi connectivity index (χ4v) is 6.28. The van der Waals surface area contributed by atoms with Gasteiger partial charge in [0.1, 0.15) is 12.6 Å². The van der Waals surface area contributed by atoms with E-state index in [0.29, 0.717) is 23.3 Å². The molecule has 0 aliphatic heterocycles. The molecule has 1 amide bonds. The number of methoxy groups -OCH3 is 1. The SMILES string of the molecule is COC(=O)c1ccc(COC(=O)[C@@H](NC(=O)C23CC4CC(CC(C4)C2)C3)C(C)C)cc1. The molecule has 0 radical (unpaired) electrons. The van der Waals surface area contributed by atoms with Gasteiger partial charge < -0.3 is 14.8 Å². The Labute approximate surface area is 184 Å². The Hall–Kier alpha value is -2.37. The van der Waals surface area contributed by atoms with Crippen molar-refractivity contribution in [1.29, 1.82) is 0 Å². The number of amides is 1. The first-order valence-electron chi connectivity index (χ1n) is 11.4. The third-order valence-electron chi connectivity index (χ3n) is 7.48. The molecule has 4 saturated carbocycles. The summed E-state index contributed by atoms with van der Waals surface area (Å²) in [6.45, 7) is 3.95. The first-order chi connectivity index (χ1) is 14.8. The highest BCUT2D eigenvalue weighted by molar-refractivity contribution is 5.89. The number of esters is 2. The number of hydrogen-bond acceptors (Lipinski definition) is 5. The summed E-state index contributed by atoms with van der Waals surface area (Å²) in [7, 11) is 1.34. The van der Waals surface area contributed by atoms with Gasteiger partial charge in [-0.25, -0.2) is 9.59 Å². The van der Waals surface area contributed by atoms with E-state index in [1.165, 1.54) is 26.4 Å². The summed E-state index contributed by atoms with van der Waals surface area (Å²) in [5, 5.41) is 3.07. The molecule has 4 aliphatic rings. The number of carbonyl (C=O) groups is 3. The molecule has 0 aromatic heterocycles. The first kappa shape index (κ1) is 21.8. The van der Waals surface area contributed by atoms with Crippen LogP contribution in [0.3, 0.4) is 0 Å². The van der Waals surface area contributed by atoms with Crippen LogP contribution in [0, 0.1) is 29.1 Å². The van der Waals surface area contributed by atoms with Crippen LogP contribution in [0.5, 0.6) is 0 Å². The maximum absolute atomic E-state index is 13.4. The molecule has 0 heterocycles. The first-order valence-corrected chi connectivity index (χ1v) is 11.4. The Balaban J connectivity index is 1.37. The predicted molar refractivity (Wildman–Crippen MR) is 115 cm³/mol. The fraction of sp³-hybridized carbons (Fsp3) is 0.640. The molecular weight excluding hydrogens is 394 g/mol. The molecule has 31 heavy (non-hydrogen) atoms. The third kappa shape index (κ3) is 4.48. The highest BCUT2D eigenvalue weighted by Gasteiger charge is 2.55. The average Bonchev–Trinajstić information content (AvgIpc) is 2.74. The molecule has 1 aromatic rings. The summed E-state index contributed by atoms with van der Waals surface area (Å²) >= 11 is 0. The van der Waals surface area contributed by atoms with Gasteiger partial charge in [0.05, 0.1) is 12.7 Å². The van der Waals surface area contributed by atoms with E-state index in [9.17, 15) is 14.4 Å². The minimum Gasteiger partial charge on any atom is -0.465 e. The topological polar surface area (TPSA) is 81.7 Å². The third-order valence-corrected chi connectivity index (χ3v) is 7.48. The van der Waals surface area contributed by atoms with Crippen molar-refractivity contribution in [3.63, 3.8) is 0 Å². The second kappa shape index (κ2) is 8.64. The number of rotatable bonds is 7. The monoisotopic (exact) mass is 427 g/mol. The van der Waals surface area contributed by atoms with Gasteiger partial charge in [-0.15, -0.1) is 0 Å². The van der Waals surface area contributed by atoms with E-state index in [0.717, 1.165) is 24.8 Å². The van der Waals surface area contributed by atoms with Crippen molar-refractivity contribution in [3.05, 3.63) is 35.4 Å². The van der Waals surface area contributed by atoms with E-state index in [2.05, 4.69) is 5.32 Å². The normalized spacial score (nSPS) is 29.5. The quantitative estimate of drug-likeness (QED) is 0.668. The molecule has 168 valence electrons. The van der Waals surface area contributed by atoms with E-state index in [4.69, 9.17) is 9.47 Å². The smallest absolute Gasteiger partial charge is 0.337 e. The molecule has 6 heteroatoms. The van der Waals surface area contributed by atoms with E-state index in [-0.39, 0.29) is 23.8 Å². The fourth-order valence-electron chi connectivity index (χ4n) is 6.28. The largest absolute Gasteiger partial charge is 0.465 e. The standard InChI is InChI=1S/C25H33NO5/c1-15(2)21(23(28)31-14-16-4-6-20(7-5-16)22(27)30-3)26-24(29)25-11-17-8-18(12-25)10-19(9-17)13-25/h4-7,15,17-19,21H,8-14H2,1-3H3,(H,26,29)/t17?,18?,19?,21-,25?/m0/s1. The summed E-state index contributed by atoms with van der Waals surface area (Å²) < 4.78 is 10.2. The molecule has 1 atom stereocenters. The highest BCUT2D eigenvalue weighted by atomic mass is 16.5. The summed E-state index contributed by atoms with van der Waals surface area (Å²) in [6, 6.07) is 6.10. The van der Waals surface area contributed by atoms with Crippen molar-refractivity contribution in [3.8, 4) is 0 Å². The molecule has 6 nitrogen and oxygen atoms in total. The van der Waals surface area contributed by atoms with Crippen LogP contribution < -0.4 is 5.32 Å². The van der Waals surface area contributed by atoms with Crippen LogP contribution in [-0.2, 0) is 25.7 Å². The number of benzene rings is 1. The van der Waals surface area contributed by atoms with Crippen LogP contribution in [0.4, 0.5) is 0 Å². The molecule has 0 spiro atoms. The van der Waals surface area contributed by atoms with Gasteiger partial charge in [-0.1, -0.05) is 26.0 Å². The average molecular weight is 428 g/mol. The van der Waals surface area contributed by atoms with Crippen molar-refractivity contribution in [2.24, 2.45) is 29.1 Å². The summed E-state index contributed by atoms with van der Waals surface area (Å²) in [5.41, 5.74) is 0.933. The number of hydrogen-bond donors (Lipinski definition) is 1. The highest BCUT2D eigenvalue weighted by Crippen LogP contribution is 2.60. The van der Waals surface area contributed by atoms with Crippen molar-refractivity contribution in [2.45, 2.75) is 65.0 Å². The molecule has 0 unspecified atom stereocenters. The van der Waals surface area contributed by atoms with Crippen LogP contribution in [0.2, 0.25) is 0 Å². The molecule has 4 fully saturated rings. The van der Waals surface area contributed by atoms with Gasteiger partial charge in [0.25, 0.3) is 0 Å². The second-order valence-electron chi connectivity index (χ2n) is 10.2.